The minimum atomic E-state index is -0.593. The summed E-state index contributed by atoms with van der Waals surface area (Å²) in [5.41, 5.74) is 0.823. The van der Waals surface area contributed by atoms with Crippen LogP contribution in [0.2, 0.25) is 0 Å². The van der Waals surface area contributed by atoms with E-state index in [4.69, 9.17) is 24.2 Å². The minimum Gasteiger partial charge on any atom is -0.461 e. The summed E-state index contributed by atoms with van der Waals surface area (Å²) >= 11 is 1.68. The molecule has 2 aromatic heterocycles. The third-order valence-corrected chi connectivity index (χ3v) is 8.74. The van der Waals surface area contributed by atoms with Crippen LogP contribution in [0.15, 0.2) is 36.4 Å². The van der Waals surface area contributed by atoms with E-state index < -0.39 is 5.79 Å². The van der Waals surface area contributed by atoms with Crippen LogP contribution >= 0.6 is 11.3 Å². The Morgan fingerprint density at radius 3 is 2.54 bits per heavy atom. The highest BCUT2D eigenvalue weighted by Crippen LogP contribution is 2.49. The molecular weight excluding hydrogens is 488 g/mol. The van der Waals surface area contributed by atoms with Gasteiger partial charge in [0.1, 0.15) is 23.4 Å². The molecule has 1 aliphatic carbocycles. The molecule has 9 heteroatoms. The van der Waals surface area contributed by atoms with Gasteiger partial charge < -0.3 is 24.0 Å². The number of thiophene rings is 1. The summed E-state index contributed by atoms with van der Waals surface area (Å²) in [5.74, 6) is 0.557. The number of hydrogen-bond donors (Lipinski definition) is 0. The van der Waals surface area contributed by atoms with Crippen molar-refractivity contribution < 1.29 is 19.0 Å². The highest BCUT2D eigenvalue weighted by atomic mass is 32.1. The molecule has 1 atom stereocenters. The van der Waals surface area contributed by atoms with Crippen LogP contribution in [-0.2, 0) is 26.1 Å². The third-order valence-electron chi connectivity index (χ3n) is 7.57. The molecule has 1 amide bonds. The zero-order chi connectivity index (χ0) is 25.6. The second kappa shape index (κ2) is 9.53. The Labute approximate surface area is 221 Å². The van der Waals surface area contributed by atoms with E-state index in [0.29, 0.717) is 32.3 Å². The Kier molecular flexibility index (Phi) is 6.33. The van der Waals surface area contributed by atoms with E-state index in [0.717, 1.165) is 53.9 Å². The van der Waals surface area contributed by atoms with Gasteiger partial charge in [-0.2, -0.15) is 9.97 Å². The maximum atomic E-state index is 13.5. The summed E-state index contributed by atoms with van der Waals surface area (Å²) < 4.78 is 17.5. The van der Waals surface area contributed by atoms with Crippen molar-refractivity contribution in [1.29, 1.82) is 0 Å². The molecule has 2 aliphatic heterocycles. The number of hydrogen-bond acceptors (Lipinski definition) is 8. The molecule has 4 heterocycles. The number of rotatable bonds is 7. The molecule has 0 radical (unpaired) electrons. The lowest BCUT2D eigenvalue weighted by Crippen LogP contribution is -2.51. The van der Waals surface area contributed by atoms with Crippen molar-refractivity contribution in [1.82, 2.24) is 14.9 Å². The van der Waals surface area contributed by atoms with Crippen LogP contribution in [0.5, 0.6) is 6.01 Å². The first-order valence-electron chi connectivity index (χ1n) is 13.2. The quantitative estimate of drug-likeness (QED) is 0.461. The van der Waals surface area contributed by atoms with Gasteiger partial charge in [-0.3, -0.25) is 4.79 Å². The Balaban J connectivity index is 1.18. The van der Waals surface area contributed by atoms with Crippen molar-refractivity contribution in [3.63, 3.8) is 0 Å². The molecule has 0 spiro atoms. The van der Waals surface area contributed by atoms with Gasteiger partial charge in [-0.25, -0.2) is 0 Å². The van der Waals surface area contributed by atoms with Crippen molar-refractivity contribution in [3.8, 4) is 6.01 Å². The molecule has 6 rings (SSSR count). The van der Waals surface area contributed by atoms with E-state index in [9.17, 15) is 4.79 Å². The third kappa shape index (κ3) is 4.80. The van der Waals surface area contributed by atoms with Gasteiger partial charge in [-0.05, 0) is 44.7 Å². The van der Waals surface area contributed by atoms with E-state index in [1.807, 2.05) is 36.9 Å². The number of piperazine rings is 1. The highest BCUT2D eigenvalue weighted by molar-refractivity contribution is 7.18. The molecule has 0 unspecified atom stereocenters. The van der Waals surface area contributed by atoms with Crippen LogP contribution in [0.25, 0.3) is 10.2 Å². The molecule has 1 aromatic carbocycles. The van der Waals surface area contributed by atoms with E-state index in [1.165, 1.54) is 4.88 Å². The molecule has 0 N–H and O–H groups in total. The summed E-state index contributed by atoms with van der Waals surface area (Å²) in [5, 5.41) is 1.05. The summed E-state index contributed by atoms with van der Waals surface area (Å²) in [6.07, 6.45) is 2.67. The zero-order valence-corrected chi connectivity index (χ0v) is 22.6. The molecule has 0 bridgehead atoms. The van der Waals surface area contributed by atoms with Gasteiger partial charge in [0.05, 0.1) is 17.4 Å². The molecule has 37 heavy (non-hydrogen) atoms. The molecule has 3 aromatic rings. The number of ether oxygens (including phenoxy) is 3. The Hall–Kier alpha value is -2.75. The summed E-state index contributed by atoms with van der Waals surface area (Å²) in [6, 6.07) is 12.8. The first kappa shape index (κ1) is 24.6. The molecular formula is C28H34N4O4S. The fourth-order valence-corrected chi connectivity index (χ4v) is 6.32. The van der Waals surface area contributed by atoms with Crippen molar-refractivity contribution in [2.75, 3.05) is 44.3 Å². The number of nitrogens with zero attached hydrogens (tertiary/aromatic N) is 4. The number of anilines is 1. The van der Waals surface area contributed by atoms with Crippen LogP contribution in [0.1, 0.15) is 44.1 Å². The predicted molar refractivity (Wildman–Crippen MR) is 143 cm³/mol. The normalized spacial score (nSPS) is 22.4. The van der Waals surface area contributed by atoms with Crippen molar-refractivity contribution >= 4 is 33.3 Å². The second-order valence-corrected chi connectivity index (χ2v) is 11.7. The van der Waals surface area contributed by atoms with Gasteiger partial charge in [-0.15, -0.1) is 11.3 Å². The maximum Gasteiger partial charge on any atom is 0.319 e. The van der Waals surface area contributed by atoms with Crippen molar-refractivity contribution in [2.24, 2.45) is 0 Å². The minimum absolute atomic E-state index is 0.152. The predicted octanol–water partition coefficient (Wildman–Crippen LogP) is 4.16. The molecule has 1 saturated carbocycles. The topological polar surface area (TPSA) is 77.0 Å². The Morgan fingerprint density at radius 1 is 1.14 bits per heavy atom. The fourth-order valence-electron chi connectivity index (χ4n) is 5.36. The Morgan fingerprint density at radius 2 is 1.89 bits per heavy atom. The molecule has 3 aliphatic rings. The summed E-state index contributed by atoms with van der Waals surface area (Å²) in [6.45, 7) is 9.61. The number of amides is 1. The number of benzene rings is 1. The number of carbonyl (C=O) groups is 1. The number of aromatic nitrogens is 2. The van der Waals surface area contributed by atoms with Crippen LogP contribution in [0, 0.1) is 0 Å². The van der Waals surface area contributed by atoms with Crippen LogP contribution in [0.4, 0.5) is 5.82 Å². The van der Waals surface area contributed by atoms with Gasteiger partial charge in [0.2, 0.25) is 5.91 Å². The summed E-state index contributed by atoms with van der Waals surface area (Å²) in [7, 11) is 0. The SMILES string of the molecule is CCc1cc2c(N3CCN(C(=O)C4(c5ccccc5)CC4)CC3)nc(OC[C@H]3COC(C)(C)O3)nc2s1. The molecule has 2 saturated heterocycles. The maximum absolute atomic E-state index is 13.5. The lowest BCUT2D eigenvalue weighted by Gasteiger charge is -2.37. The van der Waals surface area contributed by atoms with Gasteiger partial charge >= 0.3 is 6.01 Å². The summed E-state index contributed by atoms with van der Waals surface area (Å²) in [4.78, 5) is 29.6. The van der Waals surface area contributed by atoms with E-state index in [1.54, 1.807) is 11.3 Å². The standard InChI is InChI=1S/C28H34N4O4S/c1-4-21-16-22-23(29-26(30-24(22)37-21)34-17-20-18-35-27(2,3)36-20)31-12-14-32(15-13-31)25(33)28(10-11-28)19-8-6-5-7-9-19/h5-9,16,20H,4,10-15,17-18H2,1-3H3/t20-/m0/s1. The fraction of sp³-hybridized carbons (Fsp3) is 0.536. The van der Waals surface area contributed by atoms with Gasteiger partial charge in [-0.1, -0.05) is 37.3 Å². The smallest absolute Gasteiger partial charge is 0.319 e. The van der Waals surface area contributed by atoms with E-state index >= 15 is 0 Å². The van der Waals surface area contributed by atoms with Gasteiger partial charge in [0, 0.05) is 31.1 Å². The van der Waals surface area contributed by atoms with E-state index in [-0.39, 0.29) is 17.4 Å². The molecule has 196 valence electrons. The molecule has 3 fully saturated rings. The monoisotopic (exact) mass is 522 g/mol. The van der Waals surface area contributed by atoms with Crippen LogP contribution < -0.4 is 9.64 Å². The van der Waals surface area contributed by atoms with Gasteiger partial charge in [0.15, 0.2) is 5.79 Å². The van der Waals surface area contributed by atoms with Crippen molar-refractivity contribution in [3.05, 3.63) is 46.8 Å². The largest absolute Gasteiger partial charge is 0.461 e. The van der Waals surface area contributed by atoms with Crippen LogP contribution in [0.3, 0.4) is 0 Å². The average molecular weight is 523 g/mol. The lowest BCUT2D eigenvalue weighted by atomic mass is 9.94. The zero-order valence-electron chi connectivity index (χ0n) is 21.7. The first-order chi connectivity index (χ1) is 17.9. The highest BCUT2D eigenvalue weighted by Gasteiger charge is 2.53. The lowest BCUT2D eigenvalue weighted by molar-refractivity contribution is -0.141. The number of fused-ring (bicyclic) bond motifs is 1. The first-order valence-corrected chi connectivity index (χ1v) is 14.0. The second-order valence-electron chi connectivity index (χ2n) is 10.6. The molecule has 8 nitrogen and oxygen atoms in total. The number of carbonyl (C=O) groups excluding carboxylic acids is 1. The van der Waals surface area contributed by atoms with Crippen LogP contribution in [-0.4, -0.2) is 72.1 Å². The van der Waals surface area contributed by atoms with Gasteiger partial charge in [0.25, 0.3) is 0 Å². The number of aryl methyl sites for hydroxylation is 1. The van der Waals surface area contributed by atoms with Crippen molar-refractivity contribution in [2.45, 2.75) is 57.3 Å². The van der Waals surface area contributed by atoms with E-state index in [2.05, 4.69) is 30.0 Å². The average Bonchev–Trinajstić information content (AvgIpc) is 3.50. The Bertz CT molecular complexity index is 1280.